The number of rotatable bonds is 4. The van der Waals surface area contributed by atoms with Crippen molar-refractivity contribution in [3.63, 3.8) is 0 Å². The average molecular weight is 396 g/mol. The van der Waals surface area contributed by atoms with Crippen LogP contribution in [0.3, 0.4) is 0 Å². The molecular weight excluding hydrogens is 378 g/mol. The van der Waals surface area contributed by atoms with E-state index in [2.05, 4.69) is 30.2 Å². The zero-order valence-electron chi connectivity index (χ0n) is 15.0. The van der Waals surface area contributed by atoms with Crippen LogP contribution in [0.4, 0.5) is 17.6 Å². The van der Waals surface area contributed by atoms with Crippen LogP contribution < -0.4 is 10.2 Å². The van der Waals surface area contributed by atoms with Crippen molar-refractivity contribution in [3.05, 3.63) is 65.7 Å². The topological polar surface area (TPSA) is 87.1 Å². The number of piperazine rings is 1. The number of anilines is 3. The number of carbonyl (C=O) groups is 1. The number of benzene rings is 1. The molecule has 1 aliphatic heterocycles. The van der Waals surface area contributed by atoms with E-state index in [0.29, 0.717) is 48.8 Å². The molecule has 28 heavy (non-hydrogen) atoms. The number of nitrogens with zero attached hydrogens (tertiary/aromatic N) is 6. The highest BCUT2D eigenvalue weighted by atomic mass is 35.5. The molecule has 9 heteroatoms. The Morgan fingerprint density at radius 1 is 0.964 bits per heavy atom. The molecule has 1 amide bonds. The molecule has 142 valence electrons. The lowest BCUT2D eigenvalue weighted by molar-refractivity contribution is 0.0740. The van der Waals surface area contributed by atoms with Gasteiger partial charge >= 0.3 is 0 Å². The SMILES string of the molecule is O=C(c1ccnc(Nc2cccc(Cl)c2)n1)N1CCN(c2ncccn2)CC1. The van der Waals surface area contributed by atoms with Crippen LogP contribution in [0.15, 0.2) is 55.0 Å². The molecule has 1 aromatic carbocycles. The van der Waals surface area contributed by atoms with Crippen LogP contribution in [0.1, 0.15) is 10.5 Å². The van der Waals surface area contributed by atoms with Crippen molar-refractivity contribution in [2.24, 2.45) is 0 Å². The second kappa shape index (κ2) is 8.18. The molecule has 1 saturated heterocycles. The third-order valence-corrected chi connectivity index (χ3v) is 4.59. The predicted octanol–water partition coefficient (Wildman–Crippen LogP) is 2.63. The van der Waals surface area contributed by atoms with Crippen LogP contribution in [-0.4, -0.2) is 56.9 Å². The largest absolute Gasteiger partial charge is 0.337 e. The van der Waals surface area contributed by atoms with E-state index in [-0.39, 0.29) is 5.91 Å². The van der Waals surface area contributed by atoms with Crippen LogP contribution >= 0.6 is 11.6 Å². The molecule has 1 N–H and O–H groups in total. The van der Waals surface area contributed by atoms with E-state index < -0.39 is 0 Å². The Labute approximate surface area is 167 Å². The van der Waals surface area contributed by atoms with E-state index in [1.165, 1.54) is 0 Å². The van der Waals surface area contributed by atoms with Gasteiger partial charge in [-0.2, -0.15) is 0 Å². The van der Waals surface area contributed by atoms with Gasteiger partial charge in [0.1, 0.15) is 5.69 Å². The lowest BCUT2D eigenvalue weighted by atomic mass is 10.2. The smallest absolute Gasteiger partial charge is 0.272 e. The summed E-state index contributed by atoms with van der Waals surface area (Å²) in [6.45, 7) is 2.51. The van der Waals surface area contributed by atoms with Crippen molar-refractivity contribution >= 4 is 35.1 Å². The number of amides is 1. The van der Waals surface area contributed by atoms with Gasteiger partial charge in [-0.1, -0.05) is 17.7 Å². The van der Waals surface area contributed by atoms with E-state index in [0.717, 1.165) is 5.69 Å². The van der Waals surface area contributed by atoms with Gasteiger partial charge in [-0.15, -0.1) is 0 Å². The summed E-state index contributed by atoms with van der Waals surface area (Å²) in [6.07, 6.45) is 5.01. The highest BCUT2D eigenvalue weighted by Gasteiger charge is 2.24. The monoisotopic (exact) mass is 395 g/mol. The maximum atomic E-state index is 12.8. The standard InChI is InChI=1S/C19H18ClN7O/c20-14-3-1-4-15(13-14)24-18-21-8-5-16(25-18)17(28)26-9-11-27(12-10-26)19-22-6-2-7-23-19/h1-8,13H,9-12H2,(H,21,24,25). The fourth-order valence-corrected chi connectivity index (χ4v) is 3.15. The summed E-state index contributed by atoms with van der Waals surface area (Å²) in [4.78, 5) is 33.7. The molecular formula is C19H18ClN7O. The second-order valence-electron chi connectivity index (χ2n) is 6.23. The molecule has 0 spiro atoms. The van der Waals surface area contributed by atoms with E-state index in [4.69, 9.17) is 11.6 Å². The number of halogens is 1. The molecule has 1 aliphatic rings. The summed E-state index contributed by atoms with van der Waals surface area (Å²) >= 11 is 6.00. The van der Waals surface area contributed by atoms with Crippen LogP contribution in [-0.2, 0) is 0 Å². The number of hydrogen-bond donors (Lipinski definition) is 1. The van der Waals surface area contributed by atoms with E-state index in [1.807, 2.05) is 12.1 Å². The number of carbonyl (C=O) groups excluding carboxylic acids is 1. The lowest BCUT2D eigenvalue weighted by Crippen LogP contribution is -2.49. The Balaban J connectivity index is 1.41. The third-order valence-electron chi connectivity index (χ3n) is 4.36. The summed E-state index contributed by atoms with van der Waals surface area (Å²) in [5, 5.41) is 3.68. The van der Waals surface area contributed by atoms with Crippen molar-refractivity contribution < 1.29 is 4.79 Å². The molecule has 1 fully saturated rings. The number of hydrogen-bond acceptors (Lipinski definition) is 7. The highest BCUT2D eigenvalue weighted by Crippen LogP contribution is 2.18. The molecule has 0 unspecified atom stereocenters. The van der Waals surface area contributed by atoms with E-state index >= 15 is 0 Å². The Bertz CT molecular complexity index is 961. The molecule has 3 aromatic rings. The third kappa shape index (κ3) is 4.17. The summed E-state index contributed by atoms with van der Waals surface area (Å²) in [5.41, 5.74) is 1.11. The van der Waals surface area contributed by atoms with Crippen molar-refractivity contribution in [1.82, 2.24) is 24.8 Å². The van der Waals surface area contributed by atoms with Gasteiger partial charge in [0, 0.05) is 55.5 Å². The fourth-order valence-electron chi connectivity index (χ4n) is 2.96. The van der Waals surface area contributed by atoms with E-state index in [1.54, 1.807) is 47.8 Å². The Morgan fingerprint density at radius 3 is 2.50 bits per heavy atom. The molecule has 0 radical (unpaired) electrons. The summed E-state index contributed by atoms with van der Waals surface area (Å²) in [7, 11) is 0. The summed E-state index contributed by atoms with van der Waals surface area (Å²) in [5.74, 6) is 0.916. The predicted molar refractivity (Wildman–Crippen MR) is 107 cm³/mol. The van der Waals surface area contributed by atoms with Gasteiger partial charge in [-0.05, 0) is 30.3 Å². The summed E-state index contributed by atoms with van der Waals surface area (Å²) < 4.78 is 0. The molecule has 4 rings (SSSR count). The first-order valence-corrected chi connectivity index (χ1v) is 9.24. The first kappa shape index (κ1) is 18.1. The van der Waals surface area contributed by atoms with Crippen LogP contribution in [0.5, 0.6) is 0 Å². The van der Waals surface area contributed by atoms with Crippen molar-refractivity contribution in [1.29, 1.82) is 0 Å². The van der Waals surface area contributed by atoms with Gasteiger partial charge in [-0.3, -0.25) is 4.79 Å². The molecule has 2 aromatic heterocycles. The van der Waals surface area contributed by atoms with Crippen LogP contribution in [0, 0.1) is 0 Å². The van der Waals surface area contributed by atoms with Crippen molar-refractivity contribution in [2.45, 2.75) is 0 Å². The first-order valence-electron chi connectivity index (χ1n) is 8.86. The average Bonchev–Trinajstić information content (AvgIpc) is 2.74. The van der Waals surface area contributed by atoms with Gasteiger partial charge in [0.05, 0.1) is 0 Å². The fraction of sp³-hybridized carbons (Fsp3) is 0.211. The zero-order valence-corrected chi connectivity index (χ0v) is 15.8. The quantitative estimate of drug-likeness (QED) is 0.726. The maximum absolute atomic E-state index is 12.8. The molecule has 0 saturated carbocycles. The Hall–Kier alpha value is -3.26. The van der Waals surface area contributed by atoms with Crippen LogP contribution in [0.2, 0.25) is 5.02 Å². The minimum Gasteiger partial charge on any atom is -0.337 e. The molecule has 0 atom stereocenters. The highest BCUT2D eigenvalue weighted by molar-refractivity contribution is 6.30. The van der Waals surface area contributed by atoms with Crippen molar-refractivity contribution in [2.75, 3.05) is 36.4 Å². The van der Waals surface area contributed by atoms with Gasteiger partial charge in [0.15, 0.2) is 0 Å². The van der Waals surface area contributed by atoms with Gasteiger partial charge in [0.25, 0.3) is 5.91 Å². The lowest BCUT2D eigenvalue weighted by Gasteiger charge is -2.34. The van der Waals surface area contributed by atoms with Crippen LogP contribution in [0.25, 0.3) is 0 Å². The van der Waals surface area contributed by atoms with E-state index in [9.17, 15) is 4.79 Å². The second-order valence-corrected chi connectivity index (χ2v) is 6.67. The maximum Gasteiger partial charge on any atom is 0.272 e. The Morgan fingerprint density at radius 2 is 1.75 bits per heavy atom. The Kier molecular flexibility index (Phi) is 5.29. The van der Waals surface area contributed by atoms with Crippen molar-refractivity contribution in [3.8, 4) is 0 Å². The van der Waals surface area contributed by atoms with Gasteiger partial charge in [-0.25, -0.2) is 19.9 Å². The zero-order chi connectivity index (χ0) is 19.3. The molecule has 0 bridgehead atoms. The minimum absolute atomic E-state index is 0.120. The first-order chi connectivity index (χ1) is 13.7. The molecule has 0 aliphatic carbocycles. The number of nitrogens with one attached hydrogen (secondary N) is 1. The number of aromatic nitrogens is 4. The van der Waals surface area contributed by atoms with Gasteiger partial charge < -0.3 is 15.1 Å². The van der Waals surface area contributed by atoms with Gasteiger partial charge in [0.2, 0.25) is 11.9 Å². The minimum atomic E-state index is -0.120. The normalized spacial score (nSPS) is 14.0. The summed E-state index contributed by atoms with van der Waals surface area (Å²) in [6, 6.07) is 10.6. The molecule has 3 heterocycles. The molecule has 8 nitrogen and oxygen atoms in total.